The molecule has 3 aromatic carbocycles. The lowest BCUT2D eigenvalue weighted by Gasteiger charge is -2.38. The van der Waals surface area contributed by atoms with Crippen LogP contribution in [0.4, 0.5) is 0 Å². The van der Waals surface area contributed by atoms with Crippen LogP contribution in [0, 0.1) is 0 Å². The number of benzene rings is 3. The molecule has 4 amide bonds. The van der Waals surface area contributed by atoms with Crippen molar-refractivity contribution in [3.05, 3.63) is 89.0 Å². The highest BCUT2D eigenvalue weighted by molar-refractivity contribution is 6.23. The van der Waals surface area contributed by atoms with Crippen molar-refractivity contribution in [3.8, 4) is 17.2 Å². The minimum Gasteiger partial charge on any atom is -0.497 e. The third-order valence-electron chi connectivity index (χ3n) is 8.26. The van der Waals surface area contributed by atoms with Crippen LogP contribution < -0.4 is 14.8 Å². The molecule has 3 aromatic rings. The maximum absolute atomic E-state index is 13.2. The standard InChI is InChI=1S/C32H31N3O7/c1-41-22-6-8-23(9-7-22)42-24-4-2-3-20(17-24)19-34-15-13-32(40,14-16-34)21-5-10-25-26(18-21)31(39)35(30(25)38)27-11-12-28(36)33-29(27)37/h2-10,17-18,27,40H,11-16,19H2,1H3,(H,33,36,37). The molecule has 10 heteroatoms. The average Bonchev–Trinajstić information content (AvgIpc) is 3.24. The van der Waals surface area contributed by atoms with Crippen LogP contribution in [-0.2, 0) is 21.7 Å². The molecule has 3 heterocycles. The van der Waals surface area contributed by atoms with Crippen LogP contribution in [-0.4, -0.2) is 64.8 Å². The molecule has 3 aliphatic heterocycles. The maximum atomic E-state index is 13.2. The number of rotatable bonds is 7. The SMILES string of the molecule is COc1ccc(Oc2cccc(CN3CCC(O)(c4ccc5c(c4)C(=O)N(C4CCC(=O)NC4=O)C5=O)CC3)c2)cc1. The lowest BCUT2D eigenvalue weighted by molar-refractivity contribution is -0.136. The number of fused-ring (bicyclic) bond motifs is 1. The largest absolute Gasteiger partial charge is 0.497 e. The Morgan fingerprint density at radius 1 is 0.881 bits per heavy atom. The molecule has 3 aliphatic rings. The van der Waals surface area contributed by atoms with Gasteiger partial charge in [-0.1, -0.05) is 18.2 Å². The van der Waals surface area contributed by atoms with E-state index in [2.05, 4.69) is 10.2 Å². The normalized spacial score (nSPS) is 20.3. The number of carbonyl (C=O) groups is 4. The Morgan fingerprint density at radius 3 is 2.31 bits per heavy atom. The van der Waals surface area contributed by atoms with E-state index in [1.165, 1.54) is 0 Å². The first-order valence-electron chi connectivity index (χ1n) is 14.0. The van der Waals surface area contributed by atoms with E-state index in [1.54, 1.807) is 25.3 Å². The molecule has 0 aromatic heterocycles. The van der Waals surface area contributed by atoms with E-state index >= 15 is 0 Å². The lowest BCUT2D eigenvalue weighted by Crippen LogP contribution is -2.54. The summed E-state index contributed by atoms with van der Waals surface area (Å²) in [5, 5.41) is 13.8. The Labute approximate surface area is 242 Å². The molecule has 0 saturated carbocycles. The highest BCUT2D eigenvalue weighted by atomic mass is 16.5. The second kappa shape index (κ2) is 11.0. The van der Waals surface area contributed by atoms with Crippen molar-refractivity contribution in [3.63, 3.8) is 0 Å². The summed E-state index contributed by atoms with van der Waals surface area (Å²) >= 11 is 0. The van der Waals surface area contributed by atoms with Crippen LogP contribution in [0.15, 0.2) is 66.7 Å². The number of carbonyl (C=O) groups excluding carboxylic acids is 4. The summed E-state index contributed by atoms with van der Waals surface area (Å²) in [5.41, 5.74) is 0.873. The van der Waals surface area contributed by atoms with E-state index < -0.39 is 35.3 Å². The highest BCUT2D eigenvalue weighted by Crippen LogP contribution is 2.37. The zero-order valence-corrected chi connectivity index (χ0v) is 23.2. The van der Waals surface area contributed by atoms with Gasteiger partial charge in [0.15, 0.2) is 0 Å². The van der Waals surface area contributed by atoms with Gasteiger partial charge in [-0.05, 0) is 78.9 Å². The number of piperidine rings is 2. The average molecular weight is 570 g/mol. The van der Waals surface area contributed by atoms with Crippen LogP contribution in [0.25, 0.3) is 0 Å². The summed E-state index contributed by atoms with van der Waals surface area (Å²) in [6.45, 7) is 1.95. The molecule has 0 aliphatic carbocycles. The summed E-state index contributed by atoms with van der Waals surface area (Å²) in [6, 6.07) is 19.1. The Bertz CT molecular complexity index is 1560. The Balaban J connectivity index is 1.10. The lowest BCUT2D eigenvalue weighted by atomic mass is 9.83. The number of nitrogens with zero attached hydrogens (tertiary/aromatic N) is 2. The number of ether oxygens (including phenoxy) is 2. The Hall–Kier alpha value is -4.54. The minimum atomic E-state index is -1.16. The summed E-state index contributed by atoms with van der Waals surface area (Å²) in [6.07, 6.45) is 1.06. The molecular weight excluding hydrogens is 538 g/mol. The van der Waals surface area contributed by atoms with E-state index in [1.807, 2.05) is 48.5 Å². The van der Waals surface area contributed by atoms with Crippen molar-refractivity contribution in [2.45, 2.75) is 43.9 Å². The van der Waals surface area contributed by atoms with Crippen molar-refractivity contribution >= 4 is 23.6 Å². The fraction of sp³-hybridized carbons (Fsp3) is 0.312. The molecule has 0 bridgehead atoms. The molecule has 2 N–H and O–H groups in total. The summed E-state index contributed by atoms with van der Waals surface area (Å²) < 4.78 is 11.2. The van der Waals surface area contributed by atoms with E-state index in [9.17, 15) is 24.3 Å². The van der Waals surface area contributed by atoms with Crippen LogP contribution in [0.3, 0.4) is 0 Å². The van der Waals surface area contributed by atoms with E-state index in [0.717, 1.165) is 22.0 Å². The first kappa shape index (κ1) is 27.6. The molecule has 10 nitrogen and oxygen atoms in total. The number of aliphatic hydroxyl groups is 1. The zero-order chi connectivity index (χ0) is 29.4. The summed E-state index contributed by atoms with van der Waals surface area (Å²) in [5.74, 6) is -0.000677. The molecule has 0 spiro atoms. The van der Waals surface area contributed by atoms with Crippen molar-refractivity contribution in [1.29, 1.82) is 0 Å². The van der Waals surface area contributed by atoms with Crippen molar-refractivity contribution in [1.82, 2.24) is 15.1 Å². The van der Waals surface area contributed by atoms with Gasteiger partial charge in [-0.25, -0.2) is 0 Å². The molecule has 1 atom stereocenters. The number of likely N-dealkylation sites (tertiary alicyclic amines) is 1. The van der Waals surface area contributed by atoms with Gasteiger partial charge < -0.3 is 14.6 Å². The second-order valence-electron chi connectivity index (χ2n) is 10.9. The first-order valence-corrected chi connectivity index (χ1v) is 14.0. The number of hydrogen-bond acceptors (Lipinski definition) is 8. The van der Waals surface area contributed by atoms with E-state index in [-0.39, 0.29) is 24.0 Å². The second-order valence-corrected chi connectivity index (χ2v) is 10.9. The molecule has 2 saturated heterocycles. The van der Waals surface area contributed by atoms with Crippen molar-refractivity contribution < 1.29 is 33.8 Å². The molecule has 6 rings (SSSR count). The van der Waals surface area contributed by atoms with Gasteiger partial charge in [-0.3, -0.25) is 34.3 Å². The van der Waals surface area contributed by atoms with Gasteiger partial charge >= 0.3 is 0 Å². The molecule has 1 unspecified atom stereocenters. The van der Waals surface area contributed by atoms with Gasteiger partial charge in [-0.15, -0.1) is 0 Å². The fourth-order valence-electron chi connectivity index (χ4n) is 5.88. The van der Waals surface area contributed by atoms with Crippen LogP contribution in [0.2, 0.25) is 0 Å². The van der Waals surface area contributed by atoms with Gasteiger partial charge in [-0.2, -0.15) is 0 Å². The van der Waals surface area contributed by atoms with Gasteiger partial charge in [0.1, 0.15) is 23.3 Å². The van der Waals surface area contributed by atoms with Crippen molar-refractivity contribution in [2.75, 3.05) is 20.2 Å². The third-order valence-corrected chi connectivity index (χ3v) is 8.26. The number of amides is 4. The van der Waals surface area contributed by atoms with E-state index in [4.69, 9.17) is 9.47 Å². The zero-order valence-electron chi connectivity index (χ0n) is 23.2. The van der Waals surface area contributed by atoms with Gasteiger partial charge in [0.2, 0.25) is 11.8 Å². The predicted octanol–water partition coefficient (Wildman–Crippen LogP) is 3.37. The fourth-order valence-corrected chi connectivity index (χ4v) is 5.88. The molecule has 2 fully saturated rings. The Morgan fingerprint density at radius 2 is 1.60 bits per heavy atom. The third kappa shape index (κ3) is 5.26. The van der Waals surface area contributed by atoms with Crippen LogP contribution in [0.1, 0.15) is 57.5 Å². The summed E-state index contributed by atoms with van der Waals surface area (Å²) in [7, 11) is 1.62. The topological polar surface area (TPSA) is 125 Å². The van der Waals surface area contributed by atoms with Crippen LogP contribution >= 0.6 is 0 Å². The van der Waals surface area contributed by atoms with Gasteiger partial charge in [0, 0.05) is 26.1 Å². The maximum Gasteiger partial charge on any atom is 0.262 e. The van der Waals surface area contributed by atoms with Crippen molar-refractivity contribution in [2.24, 2.45) is 0 Å². The van der Waals surface area contributed by atoms with Crippen LogP contribution in [0.5, 0.6) is 17.2 Å². The molecular formula is C32H31N3O7. The molecule has 0 radical (unpaired) electrons. The predicted molar refractivity (Wildman–Crippen MR) is 151 cm³/mol. The number of nitrogens with one attached hydrogen (secondary N) is 1. The highest BCUT2D eigenvalue weighted by Gasteiger charge is 2.45. The quantitative estimate of drug-likeness (QED) is 0.415. The minimum absolute atomic E-state index is 0.0608. The smallest absolute Gasteiger partial charge is 0.262 e. The molecule has 42 heavy (non-hydrogen) atoms. The van der Waals surface area contributed by atoms with E-state index in [0.29, 0.717) is 43.8 Å². The summed E-state index contributed by atoms with van der Waals surface area (Å²) in [4.78, 5) is 53.3. The Kier molecular flexibility index (Phi) is 7.26. The molecule has 216 valence electrons. The number of imide groups is 2. The van der Waals surface area contributed by atoms with Gasteiger partial charge in [0.05, 0.1) is 23.8 Å². The van der Waals surface area contributed by atoms with Gasteiger partial charge in [0.25, 0.3) is 11.8 Å². The first-order chi connectivity index (χ1) is 20.2. The monoisotopic (exact) mass is 569 g/mol. The number of hydrogen-bond donors (Lipinski definition) is 2. The number of methoxy groups -OCH3 is 1.